The third-order valence-corrected chi connectivity index (χ3v) is 7.79. The highest BCUT2D eigenvalue weighted by Crippen LogP contribution is 2.28. The monoisotopic (exact) mass is 441 g/mol. The van der Waals surface area contributed by atoms with Gasteiger partial charge < -0.3 is 4.90 Å². The number of nitrogens with zero attached hydrogens (tertiary/aromatic N) is 3. The van der Waals surface area contributed by atoms with Crippen LogP contribution >= 0.6 is 22.9 Å². The number of nitro groups is 1. The summed E-state index contributed by atoms with van der Waals surface area (Å²) in [6.45, 7) is 0.898. The van der Waals surface area contributed by atoms with Crippen molar-refractivity contribution in [3.8, 4) is 0 Å². The van der Waals surface area contributed by atoms with Gasteiger partial charge in [-0.2, -0.15) is 4.31 Å². The predicted octanol–water partition coefficient (Wildman–Crippen LogP) is 2.86. The zero-order valence-corrected chi connectivity index (χ0v) is 16.9. The molecule has 1 aliphatic heterocycles. The van der Waals surface area contributed by atoms with Crippen LogP contribution in [0.15, 0.2) is 46.7 Å². The summed E-state index contributed by atoms with van der Waals surface area (Å²) < 4.78 is 27.1. The predicted molar refractivity (Wildman–Crippen MR) is 107 cm³/mol. The molecule has 1 amide bonds. The van der Waals surface area contributed by atoms with E-state index < -0.39 is 14.9 Å². The van der Waals surface area contributed by atoms with Crippen LogP contribution in [0.2, 0.25) is 4.34 Å². The van der Waals surface area contributed by atoms with E-state index in [0.29, 0.717) is 9.90 Å². The lowest BCUT2D eigenvalue weighted by Gasteiger charge is -2.33. The Labute approximate surface area is 170 Å². The summed E-state index contributed by atoms with van der Waals surface area (Å²) in [7, 11) is -3.61. The smallest absolute Gasteiger partial charge is 0.270 e. The summed E-state index contributed by atoms with van der Waals surface area (Å²) >= 11 is 6.82. The molecule has 28 heavy (non-hydrogen) atoms. The molecule has 0 atom stereocenters. The lowest BCUT2D eigenvalue weighted by atomic mass is 10.2. The van der Waals surface area contributed by atoms with E-state index in [1.54, 1.807) is 17.0 Å². The SMILES string of the molecule is O=C(/C=C/c1cccc([N+](=O)[O-])c1)N1CCN(S(=O)(=O)c2ccc(Cl)s2)CC1. The quantitative estimate of drug-likeness (QED) is 0.403. The van der Waals surface area contributed by atoms with Crippen molar-refractivity contribution in [1.82, 2.24) is 9.21 Å². The maximum Gasteiger partial charge on any atom is 0.270 e. The molecule has 1 aromatic heterocycles. The fraction of sp³-hybridized carbons (Fsp3) is 0.235. The number of carbonyl (C=O) groups excluding carboxylic acids is 1. The van der Waals surface area contributed by atoms with Crippen LogP contribution in [0.1, 0.15) is 5.56 Å². The van der Waals surface area contributed by atoms with E-state index in [1.165, 1.54) is 40.7 Å². The summed E-state index contributed by atoms with van der Waals surface area (Å²) in [6, 6.07) is 8.97. The van der Waals surface area contributed by atoms with Crippen LogP contribution in [0.5, 0.6) is 0 Å². The fourth-order valence-corrected chi connectivity index (χ4v) is 5.79. The van der Waals surface area contributed by atoms with Crippen molar-refractivity contribution in [2.45, 2.75) is 4.21 Å². The van der Waals surface area contributed by atoms with E-state index in [0.717, 1.165) is 11.3 Å². The lowest BCUT2D eigenvalue weighted by molar-refractivity contribution is -0.384. The molecule has 2 aromatic rings. The molecular formula is C17H16ClN3O5S2. The van der Waals surface area contributed by atoms with Crippen LogP contribution in [-0.2, 0) is 14.8 Å². The highest BCUT2D eigenvalue weighted by molar-refractivity contribution is 7.91. The second kappa shape index (κ2) is 8.39. The molecule has 0 spiro atoms. The van der Waals surface area contributed by atoms with Crippen molar-refractivity contribution < 1.29 is 18.1 Å². The molecule has 0 bridgehead atoms. The normalized spacial score (nSPS) is 15.8. The minimum atomic E-state index is -3.61. The van der Waals surface area contributed by atoms with E-state index in [9.17, 15) is 23.3 Å². The van der Waals surface area contributed by atoms with Crippen LogP contribution in [0.3, 0.4) is 0 Å². The van der Waals surface area contributed by atoms with Crippen LogP contribution < -0.4 is 0 Å². The molecule has 0 saturated carbocycles. The summed E-state index contributed by atoms with van der Waals surface area (Å²) in [5, 5.41) is 10.8. The number of hydrogen-bond acceptors (Lipinski definition) is 6. The van der Waals surface area contributed by atoms with Gasteiger partial charge in [0.05, 0.1) is 9.26 Å². The Balaban J connectivity index is 1.61. The molecule has 1 saturated heterocycles. The van der Waals surface area contributed by atoms with Gasteiger partial charge in [-0.05, 0) is 23.8 Å². The number of sulfonamides is 1. The van der Waals surface area contributed by atoms with Gasteiger partial charge in [0.2, 0.25) is 5.91 Å². The van der Waals surface area contributed by atoms with Crippen molar-refractivity contribution in [3.05, 3.63) is 62.5 Å². The standard InChI is InChI=1S/C17H16ClN3O5S2/c18-15-5-7-17(27-15)28(25,26)20-10-8-19(9-11-20)16(22)6-4-13-2-1-3-14(12-13)21(23)24/h1-7,12H,8-11H2/b6-4+. The van der Waals surface area contributed by atoms with Crippen molar-refractivity contribution in [3.63, 3.8) is 0 Å². The number of rotatable bonds is 5. The van der Waals surface area contributed by atoms with E-state index in [2.05, 4.69) is 0 Å². The third kappa shape index (κ3) is 4.58. The number of thiophene rings is 1. The van der Waals surface area contributed by atoms with Gasteiger partial charge in [-0.25, -0.2) is 8.42 Å². The number of non-ortho nitro benzene ring substituents is 1. The van der Waals surface area contributed by atoms with Gasteiger partial charge in [-0.15, -0.1) is 11.3 Å². The second-order valence-corrected chi connectivity index (χ2v) is 9.85. The average molecular weight is 442 g/mol. The summed E-state index contributed by atoms with van der Waals surface area (Å²) in [5.41, 5.74) is 0.487. The highest BCUT2D eigenvalue weighted by Gasteiger charge is 2.30. The maximum absolute atomic E-state index is 12.6. The highest BCUT2D eigenvalue weighted by atomic mass is 35.5. The zero-order chi connectivity index (χ0) is 20.3. The Morgan fingerprint density at radius 2 is 1.89 bits per heavy atom. The van der Waals surface area contributed by atoms with Gasteiger partial charge in [-0.1, -0.05) is 23.7 Å². The topological polar surface area (TPSA) is 101 Å². The molecule has 1 aliphatic rings. The molecule has 1 aromatic carbocycles. The van der Waals surface area contributed by atoms with E-state index in [-0.39, 0.29) is 42.0 Å². The first-order valence-electron chi connectivity index (χ1n) is 8.24. The maximum atomic E-state index is 12.6. The van der Waals surface area contributed by atoms with Gasteiger partial charge in [0.25, 0.3) is 15.7 Å². The van der Waals surface area contributed by atoms with E-state index >= 15 is 0 Å². The minimum absolute atomic E-state index is 0.0536. The Hall–Kier alpha value is -2.27. The number of piperazine rings is 1. The van der Waals surface area contributed by atoms with Gasteiger partial charge in [-0.3, -0.25) is 14.9 Å². The van der Waals surface area contributed by atoms with Crippen molar-refractivity contribution >= 4 is 50.6 Å². The van der Waals surface area contributed by atoms with Crippen molar-refractivity contribution in [2.24, 2.45) is 0 Å². The summed E-state index contributed by atoms with van der Waals surface area (Å²) in [5.74, 6) is -0.275. The van der Waals surface area contributed by atoms with Crippen LogP contribution in [0.4, 0.5) is 5.69 Å². The number of carbonyl (C=O) groups is 1. The van der Waals surface area contributed by atoms with Gasteiger partial charge in [0.15, 0.2) is 0 Å². The minimum Gasteiger partial charge on any atom is -0.337 e. The van der Waals surface area contributed by atoms with Crippen LogP contribution in [-0.4, -0.2) is 54.6 Å². The molecule has 1 fully saturated rings. The second-order valence-electron chi connectivity index (χ2n) is 5.97. The number of hydrogen-bond donors (Lipinski definition) is 0. The van der Waals surface area contributed by atoms with Crippen molar-refractivity contribution in [2.75, 3.05) is 26.2 Å². The fourth-order valence-electron chi connectivity index (χ4n) is 2.73. The van der Waals surface area contributed by atoms with Gasteiger partial charge in [0, 0.05) is 44.4 Å². The zero-order valence-electron chi connectivity index (χ0n) is 14.5. The first-order chi connectivity index (χ1) is 13.3. The summed E-state index contributed by atoms with van der Waals surface area (Å²) in [6.07, 6.45) is 2.84. The molecule has 0 N–H and O–H groups in total. The van der Waals surface area contributed by atoms with Gasteiger partial charge >= 0.3 is 0 Å². The third-order valence-electron chi connectivity index (χ3n) is 4.19. The lowest BCUT2D eigenvalue weighted by Crippen LogP contribution is -2.50. The van der Waals surface area contributed by atoms with E-state index in [1.807, 2.05) is 0 Å². The molecule has 3 rings (SSSR count). The first kappa shape index (κ1) is 20.5. The molecule has 11 heteroatoms. The largest absolute Gasteiger partial charge is 0.337 e. The van der Waals surface area contributed by atoms with Gasteiger partial charge in [0.1, 0.15) is 4.21 Å². The molecule has 148 valence electrons. The Kier molecular flexibility index (Phi) is 6.14. The number of amides is 1. The van der Waals surface area contributed by atoms with Crippen LogP contribution in [0, 0.1) is 10.1 Å². The number of nitro benzene ring substituents is 1. The Bertz CT molecular complexity index is 1030. The van der Waals surface area contributed by atoms with Crippen molar-refractivity contribution in [1.29, 1.82) is 0 Å². The molecule has 8 nitrogen and oxygen atoms in total. The Morgan fingerprint density at radius 3 is 2.50 bits per heavy atom. The molecular weight excluding hydrogens is 426 g/mol. The number of halogens is 1. The first-order valence-corrected chi connectivity index (χ1v) is 10.9. The average Bonchev–Trinajstić information content (AvgIpc) is 3.13. The molecule has 0 aliphatic carbocycles. The summed E-state index contributed by atoms with van der Waals surface area (Å²) in [4.78, 5) is 24.2. The molecule has 0 radical (unpaired) electrons. The van der Waals surface area contributed by atoms with Crippen LogP contribution in [0.25, 0.3) is 6.08 Å². The molecule has 0 unspecified atom stereocenters. The van der Waals surface area contributed by atoms with E-state index in [4.69, 9.17) is 11.6 Å². The number of benzene rings is 1. The Morgan fingerprint density at radius 1 is 1.18 bits per heavy atom. The molecule has 2 heterocycles.